The summed E-state index contributed by atoms with van der Waals surface area (Å²) in [5.74, 6) is 0.693. The standard InChI is InChI=1S/C24H26N4O3/c1-15-18(24(30)26-23-22(15)16(2)27-28(23)3)11-12-21(29)25-13-14-31-20-10-6-8-17-7-4-5-9-19(17)20/h4-10H,11-14H2,1-3H3,(H,25,29)(H,26,30). The first-order chi connectivity index (χ1) is 15.0. The van der Waals surface area contributed by atoms with Crippen LogP contribution in [0.1, 0.15) is 23.2 Å². The van der Waals surface area contributed by atoms with Gasteiger partial charge in [0, 0.05) is 29.8 Å². The number of fused-ring (bicyclic) bond motifs is 2. The molecule has 160 valence electrons. The van der Waals surface area contributed by atoms with Crippen molar-refractivity contribution in [3.05, 3.63) is 69.6 Å². The van der Waals surface area contributed by atoms with Gasteiger partial charge in [-0.15, -0.1) is 0 Å². The van der Waals surface area contributed by atoms with Crippen LogP contribution in [-0.4, -0.2) is 33.8 Å². The number of aromatic nitrogens is 3. The summed E-state index contributed by atoms with van der Waals surface area (Å²) in [5.41, 5.74) is 2.92. The third-order valence-electron chi connectivity index (χ3n) is 5.59. The van der Waals surface area contributed by atoms with Gasteiger partial charge < -0.3 is 15.0 Å². The Morgan fingerprint density at radius 2 is 1.94 bits per heavy atom. The molecule has 7 nitrogen and oxygen atoms in total. The van der Waals surface area contributed by atoms with Crippen molar-refractivity contribution in [3.8, 4) is 5.75 Å². The third kappa shape index (κ3) is 4.17. The van der Waals surface area contributed by atoms with E-state index < -0.39 is 0 Å². The zero-order chi connectivity index (χ0) is 22.0. The molecule has 0 saturated carbocycles. The normalized spacial score (nSPS) is 11.2. The van der Waals surface area contributed by atoms with Crippen molar-refractivity contribution < 1.29 is 9.53 Å². The number of carbonyl (C=O) groups excluding carboxylic acids is 1. The topological polar surface area (TPSA) is 89.0 Å². The molecule has 0 spiro atoms. The molecule has 2 N–H and O–H groups in total. The number of hydrogen-bond acceptors (Lipinski definition) is 4. The number of pyridine rings is 1. The van der Waals surface area contributed by atoms with Crippen molar-refractivity contribution in [2.45, 2.75) is 26.7 Å². The number of nitrogens with one attached hydrogen (secondary N) is 2. The van der Waals surface area contributed by atoms with Gasteiger partial charge in [-0.25, -0.2) is 0 Å². The van der Waals surface area contributed by atoms with Gasteiger partial charge in [-0.05, 0) is 37.3 Å². The second-order valence-electron chi connectivity index (χ2n) is 7.67. The molecule has 2 aromatic heterocycles. The first-order valence-corrected chi connectivity index (χ1v) is 10.4. The first kappa shape index (κ1) is 20.7. The van der Waals surface area contributed by atoms with E-state index in [4.69, 9.17) is 4.74 Å². The first-order valence-electron chi connectivity index (χ1n) is 10.4. The molecule has 4 aromatic rings. The summed E-state index contributed by atoms with van der Waals surface area (Å²) in [7, 11) is 1.80. The molecule has 2 aromatic carbocycles. The Hall–Kier alpha value is -3.61. The largest absolute Gasteiger partial charge is 0.491 e. The predicted molar refractivity (Wildman–Crippen MR) is 122 cm³/mol. The van der Waals surface area contributed by atoms with Crippen LogP contribution in [0.15, 0.2) is 47.3 Å². The molecule has 0 aliphatic heterocycles. The molecular formula is C24H26N4O3. The van der Waals surface area contributed by atoms with Gasteiger partial charge in [0.25, 0.3) is 5.56 Å². The molecule has 0 unspecified atom stereocenters. The van der Waals surface area contributed by atoms with E-state index in [0.717, 1.165) is 33.2 Å². The second-order valence-corrected chi connectivity index (χ2v) is 7.67. The number of carbonyl (C=O) groups is 1. The van der Waals surface area contributed by atoms with Gasteiger partial charge in [0.1, 0.15) is 18.0 Å². The molecule has 31 heavy (non-hydrogen) atoms. The zero-order valence-electron chi connectivity index (χ0n) is 18.0. The van der Waals surface area contributed by atoms with E-state index in [0.29, 0.717) is 30.8 Å². The van der Waals surface area contributed by atoms with Crippen LogP contribution in [0.5, 0.6) is 5.75 Å². The Labute approximate surface area is 180 Å². The number of aryl methyl sites for hydroxylation is 3. The second kappa shape index (κ2) is 8.63. The lowest BCUT2D eigenvalue weighted by molar-refractivity contribution is -0.121. The van der Waals surface area contributed by atoms with Crippen LogP contribution in [-0.2, 0) is 18.3 Å². The summed E-state index contributed by atoms with van der Waals surface area (Å²) in [5, 5.41) is 10.4. The lowest BCUT2D eigenvalue weighted by Crippen LogP contribution is -2.29. The average Bonchev–Trinajstić information content (AvgIpc) is 3.04. The van der Waals surface area contributed by atoms with Crippen molar-refractivity contribution in [3.63, 3.8) is 0 Å². The Balaban J connectivity index is 1.33. The van der Waals surface area contributed by atoms with Gasteiger partial charge in [0.15, 0.2) is 0 Å². The number of aromatic amines is 1. The van der Waals surface area contributed by atoms with Crippen molar-refractivity contribution in [1.29, 1.82) is 0 Å². The van der Waals surface area contributed by atoms with Crippen molar-refractivity contribution in [1.82, 2.24) is 20.1 Å². The van der Waals surface area contributed by atoms with Crippen LogP contribution < -0.4 is 15.6 Å². The van der Waals surface area contributed by atoms with Crippen molar-refractivity contribution in [2.24, 2.45) is 7.05 Å². The minimum Gasteiger partial charge on any atom is -0.491 e. The highest BCUT2D eigenvalue weighted by Gasteiger charge is 2.15. The van der Waals surface area contributed by atoms with Gasteiger partial charge in [0.2, 0.25) is 5.91 Å². The molecule has 0 atom stereocenters. The van der Waals surface area contributed by atoms with Crippen LogP contribution in [0.4, 0.5) is 0 Å². The summed E-state index contributed by atoms with van der Waals surface area (Å²) in [6.07, 6.45) is 0.616. The summed E-state index contributed by atoms with van der Waals surface area (Å²) >= 11 is 0. The van der Waals surface area contributed by atoms with Gasteiger partial charge >= 0.3 is 0 Å². The molecule has 1 amide bonds. The number of benzene rings is 2. The highest BCUT2D eigenvalue weighted by atomic mass is 16.5. The van der Waals surface area contributed by atoms with Crippen LogP contribution in [0.25, 0.3) is 21.8 Å². The van der Waals surface area contributed by atoms with Gasteiger partial charge in [-0.3, -0.25) is 14.3 Å². The average molecular weight is 418 g/mol. The summed E-state index contributed by atoms with van der Waals surface area (Å²) in [6, 6.07) is 13.9. The van der Waals surface area contributed by atoms with E-state index in [-0.39, 0.29) is 17.9 Å². The fourth-order valence-electron chi connectivity index (χ4n) is 4.06. The van der Waals surface area contributed by atoms with E-state index in [1.807, 2.05) is 56.3 Å². The Morgan fingerprint density at radius 3 is 2.77 bits per heavy atom. The number of hydrogen-bond donors (Lipinski definition) is 2. The fraction of sp³-hybridized carbons (Fsp3) is 0.292. The molecular weight excluding hydrogens is 392 g/mol. The highest BCUT2D eigenvalue weighted by Crippen LogP contribution is 2.25. The quantitative estimate of drug-likeness (QED) is 0.451. The zero-order valence-corrected chi connectivity index (χ0v) is 18.0. The predicted octanol–water partition coefficient (Wildman–Crippen LogP) is 3.16. The minimum atomic E-state index is -0.167. The summed E-state index contributed by atoms with van der Waals surface area (Å²) < 4.78 is 7.53. The summed E-state index contributed by atoms with van der Waals surface area (Å²) in [4.78, 5) is 27.7. The molecule has 2 heterocycles. The van der Waals surface area contributed by atoms with Gasteiger partial charge in [-0.1, -0.05) is 36.4 Å². The smallest absolute Gasteiger partial charge is 0.253 e. The minimum absolute atomic E-state index is 0.108. The maximum atomic E-state index is 12.5. The number of rotatable bonds is 7. The Kier molecular flexibility index (Phi) is 5.75. The lowest BCUT2D eigenvalue weighted by atomic mass is 10.0. The fourth-order valence-corrected chi connectivity index (χ4v) is 4.06. The van der Waals surface area contributed by atoms with Crippen molar-refractivity contribution >= 4 is 27.7 Å². The monoisotopic (exact) mass is 418 g/mol. The molecule has 0 saturated heterocycles. The maximum absolute atomic E-state index is 12.5. The summed E-state index contributed by atoms with van der Waals surface area (Å²) in [6.45, 7) is 4.61. The maximum Gasteiger partial charge on any atom is 0.253 e. The van der Waals surface area contributed by atoms with E-state index in [1.54, 1.807) is 11.7 Å². The lowest BCUT2D eigenvalue weighted by Gasteiger charge is -2.11. The molecule has 0 aliphatic rings. The van der Waals surface area contributed by atoms with E-state index in [2.05, 4.69) is 15.4 Å². The Morgan fingerprint density at radius 1 is 1.16 bits per heavy atom. The number of nitrogens with zero attached hydrogens (tertiary/aromatic N) is 2. The molecule has 0 bridgehead atoms. The van der Waals surface area contributed by atoms with E-state index in [9.17, 15) is 9.59 Å². The molecule has 0 aliphatic carbocycles. The van der Waals surface area contributed by atoms with Crippen molar-refractivity contribution in [2.75, 3.05) is 13.2 Å². The molecule has 0 fully saturated rings. The van der Waals surface area contributed by atoms with Gasteiger partial charge in [0.05, 0.1) is 12.2 Å². The molecule has 0 radical (unpaired) electrons. The van der Waals surface area contributed by atoms with E-state index in [1.165, 1.54) is 0 Å². The van der Waals surface area contributed by atoms with E-state index >= 15 is 0 Å². The number of H-pyrrole nitrogens is 1. The number of amides is 1. The molecule has 7 heteroatoms. The van der Waals surface area contributed by atoms with Crippen LogP contribution >= 0.6 is 0 Å². The highest BCUT2D eigenvalue weighted by molar-refractivity contribution is 5.88. The molecule has 4 rings (SSSR count). The SMILES string of the molecule is Cc1nn(C)c2[nH]c(=O)c(CCC(=O)NCCOc3cccc4ccccc34)c(C)c12. The Bertz CT molecular complexity index is 1310. The van der Waals surface area contributed by atoms with Crippen LogP contribution in [0, 0.1) is 13.8 Å². The van der Waals surface area contributed by atoms with Gasteiger partial charge in [-0.2, -0.15) is 5.10 Å². The third-order valence-corrected chi connectivity index (χ3v) is 5.59. The van der Waals surface area contributed by atoms with Crippen LogP contribution in [0.2, 0.25) is 0 Å². The van der Waals surface area contributed by atoms with Crippen LogP contribution in [0.3, 0.4) is 0 Å². The number of ether oxygens (including phenoxy) is 1.